The van der Waals surface area contributed by atoms with Crippen LogP contribution in [0.5, 0.6) is 5.75 Å². The Morgan fingerprint density at radius 2 is 1.79 bits per heavy atom. The van der Waals surface area contributed by atoms with Crippen molar-refractivity contribution in [1.29, 1.82) is 0 Å². The van der Waals surface area contributed by atoms with Crippen molar-refractivity contribution in [3.63, 3.8) is 0 Å². The number of carbonyl (C=O) groups excluding carboxylic acids is 1. The highest BCUT2D eigenvalue weighted by molar-refractivity contribution is 7.17. The second kappa shape index (κ2) is 12.0. The number of hydrogen-bond acceptors (Lipinski definition) is 4. The van der Waals surface area contributed by atoms with E-state index < -0.39 is 0 Å². The number of nitrogens with zero attached hydrogens (tertiary/aromatic N) is 2. The predicted molar refractivity (Wildman–Crippen MR) is 164 cm³/mol. The second-order valence-electron chi connectivity index (χ2n) is 10.3. The molecule has 0 atom stereocenters. The monoisotopic (exact) mass is 561 g/mol. The number of nitrogens with one attached hydrogen (secondary N) is 1. The van der Waals surface area contributed by atoms with E-state index >= 15 is 0 Å². The molecule has 0 bridgehead atoms. The summed E-state index contributed by atoms with van der Waals surface area (Å²) in [5.41, 5.74) is 6.36. The van der Waals surface area contributed by atoms with Crippen molar-refractivity contribution in [3.05, 3.63) is 88.6 Å². The molecule has 6 rings (SSSR count). The molecule has 0 spiro atoms. The number of aryl methyl sites for hydroxylation is 4. The minimum absolute atomic E-state index is 0. The van der Waals surface area contributed by atoms with Crippen molar-refractivity contribution in [1.82, 2.24) is 14.5 Å². The van der Waals surface area contributed by atoms with Crippen molar-refractivity contribution in [3.8, 4) is 5.75 Å². The van der Waals surface area contributed by atoms with Gasteiger partial charge in [-0.05, 0) is 98.1 Å². The van der Waals surface area contributed by atoms with E-state index in [9.17, 15) is 4.79 Å². The standard InChI is InChI=1S/C32H35N3O2S.ClH/c1-3-22-8-11-28-26(19-22)27(32(36)30-20-31-29(34(30)2)14-18-38-31)21-35(28)17-4-5-23-6-9-24(10-7-23)37-25-12-15-33-16-13-25;/h6-11,14,18-21,25,33H,3-5,12-13,15-17H2,1-2H3;1H. The van der Waals surface area contributed by atoms with Gasteiger partial charge in [-0.3, -0.25) is 4.79 Å². The third kappa shape index (κ3) is 5.65. The Morgan fingerprint density at radius 3 is 2.54 bits per heavy atom. The Hall–Kier alpha value is -3.06. The number of carbonyl (C=O) groups is 1. The molecular weight excluding hydrogens is 526 g/mol. The van der Waals surface area contributed by atoms with Crippen LogP contribution in [-0.4, -0.2) is 34.1 Å². The van der Waals surface area contributed by atoms with E-state index in [1.54, 1.807) is 11.3 Å². The first-order chi connectivity index (χ1) is 18.6. The van der Waals surface area contributed by atoms with Crippen LogP contribution in [0.15, 0.2) is 66.2 Å². The summed E-state index contributed by atoms with van der Waals surface area (Å²) in [6.45, 7) is 5.10. The van der Waals surface area contributed by atoms with E-state index in [1.165, 1.54) is 11.1 Å². The van der Waals surface area contributed by atoms with Crippen molar-refractivity contribution in [2.24, 2.45) is 7.05 Å². The molecule has 5 nitrogen and oxygen atoms in total. The third-order valence-electron chi connectivity index (χ3n) is 7.87. The maximum atomic E-state index is 13.8. The molecule has 0 saturated carbocycles. The number of hydrogen-bond donors (Lipinski definition) is 1. The van der Waals surface area contributed by atoms with E-state index in [2.05, 4.69) is 76.9 Å². The Labute approximate surface area is 240 Å². The predicted octanol–water partition coefficient (Wildman–Crippen LogP) is 7.17. The Bertz CT molecular complexity index is 1570. The first-order valence-electron chi connectivity index (χ1n) is 13.8. The van der Waals surface area contributed by atoms with Gasteiger partial charge in [0, 0.05) is 36.3 Å². The van der Waals surface area contributed by atoms with Gasteiger partial charge in [-0.1, -0.05) is 25.1 Å². The zero-order chi connectivity index (χ0) is 26.1. The number of fused-ring (bicyclic) bond motifs is 2. The van der Waals surface area contributed by atoms with Gasteiger partial charge in [0.1, 0.15) is 11.9 Å². The third-order valence-corrected chi connectivity index (χ3v) is 8.72. The molecule has 1 N–H and O–H groups in total. The van der Waals surface area contributed by atoms with Crippen LogP contribution >= 0.6 is 23.7 Å². The number of ketones is 1. The molecule has 5 aromatic rings. The molecule has 2 aromatic carbocycles. The van der Waals surface area contributed by atoms with E-state index in [0.29, 0.717) is 6.10 Å². The zero-order valence-corrected chi connectivity index (χ0v) is 24.2. The summed E-state index contributed by atoms with van der Waals surface area (Å²) in [5, 5.41) is 6.51. The highest BCUT2D eigenvalue weighted by Gasteiger charge is 2.21. The first-order valence-corrected chi connectivity index (χ1v) is 14.6. The van der Waals surface area contributed by atoms with Crippen LogP contribution in [0, 0.1) is 0 Å². The smallest absolute Gasteiger partial charge is 0.211 e. The number of aromatic nitrogens is 2. The number of piperidine rings is 1. The summed E-state index contributed by atoms with van der Waals surface area (Å²) in [4.78, 5) is 13.8. The molecule has 3 aromatic heterocycles. The Kier molecular flexibility index (Phi) is 8.46. The van der Waals surface area contributed by atoms with Gasteiger partial charge in [-0.2, -0.15) is 0 Å². The van der Waals surface area contributed by atoms with Crippen LogP contribution in [-0.2, 0) is 26.4 Å². The molecule has 1 aliphatic rings. The Morgan fingerprint density at radius 1 is 1.03 bits per heavy atom. The maximum Gasteiger partial charge on any atom is 0.211 e. The maximum absolute atomic E-state index is 13.8. The van der Waals surface area contributed by atoms with Crippen LogP contribution in [0.3, 0.4) is 0 Å². The van der Waals surface area contributed by atoms with Gasteiger partial charge in [0.2, 0.25) is 5.78 Å². The van der Waals surface area contributed by atoms with Crippen LogP contribution in [0.1, 0.15) is 53.4 Å². The van der Waals surface area contributed by atoms with Crippen LogP contribution in [0.25, 0.3) is 21.1 Å². The Balaban J connectivity index is 0.00000308. The zero-order valence-electron chi connectivity index (χ0n) is 22.6. The molecule has 0 aliphatic carbocycles. The van der Waals surface area contributed by atoms with Gasteiger partial charge in [0.15, 0.2) is 0 Å². The van der Waals surface area contributed by atoms with E-state index in [1.807, 2.05) is 17.7 Å². The number of rotatable bonds is 9. The van der Waals surface area contributed by atoms with E-state index in [0.717, 1.165) is 89.9 Å². The molecule has 1 saturated heterocycles. The summed E-state index contributed by atoms with van der Waals surface area (Å²) in [7, 11) is 1.99. The lowest BCUT2D eigenvalue weighted by Gasteiger charge is -2.23. The SMILES string of the molecule is CCc1ccc2c(c1)c(C(=O)c1cc3sccc3n1C)cn2CCCc1ccc(OC2CCNCC2)cc1.Cl. The minimum atomic E-state index is 0. The van der Waals surface area contributed by atoms with Gasteiger partial charge >= 0.3 is 0 Å². The molecule has 1 fully saturated rings. The van der Waals surface area contributed by atoms with Crippen LogP contribution in [0.2, 0.25) is 0 Å². The van der Waals surface area contributed by atoms with Gasteiger partial charge in [-0.15, -0.1) is 23.7 Å². The van der Waals surface area contributed by atoms with Gasteiger partial charge in [0.25, 0.3) is 0 Å². The molecule has 7 heteroatoms. The summed E-state index contributed by atoms with van der Waals surface area (Å²) in [5.74, 6) is 1.06. The average Bonchev–Trinajstić information content (AvgIpc) is 3.64. The topological polar surface area (TPSA) is 48.2 Å². The molecule has 0 amide bonds. The lowest BCUT2D eigenvalue weighted by molar-refractivity contribution is 0.103. The molecule has 0 radical (unpaired) electrons. The second-order valence-corrected chi connectivity index (χ2v) is 11.3. The number of benzene rings is 2. The minimum Gasteiger partial charge on any atom is -0.490 e. The average molecular weight is 562 g/mol. The fourth-order valence-corrected chi connectivity index (χ4v) is 6.48. The molecule has 39 heavy (non-hydrogen) atoms. The molecule has 1 aliphatic heterocycles. The van der Waals surface area contributed by atoms with Crippen molar-refractivity contribution in [2.45, 2.75) is 51.7 Å². The lowest BCUT2D eigenvalue weighted by atomic mass is 10.0. The summed E-state index contributed by atoms with van der Waals surface area (Å²) < 4.78 is 11.6. The number of ether oxygens (including phenoxy) is 1. The first kappa shape index (κ1) is 27.5. The summed E-state index contributed by atoms with van der Waals surface area (Å²) in [6.07, 6.45) is 7.47. The molecule has 4 heterocycles. The van der Waals surface area contributed by atoms with Crippen LogP contribution < -0.4 is 10.1 Å². The fourth-order valence-electron chi connectivity index (χ4n) is 5.63. The number of thiophene rings is 1. The quantitative estimate of drug-likeness (QED) is 0.194. The molecule has 204 valence electrons. The fraction of sp³-hybridized carbons (Fsp3) is 0.344. The largest absolute Gasteiger partial charge is 0.490 e. The van der Waals surface area contributed by atoms with Crippen molar-refractivity contribution >= 4 is 50.6 Å². The van der Waals surface area contributed by atoms with E-state index in [-0.39, 0.29) is 18.2 Å². The van der Waals surface area contributed by atoms with Gasteiger partial charge < -0.3 is 19.2 Å². The normalized spacial score (nSPS) is 14.1. The summed E-state index contributed by atoms with van der Waals surface area (Å²) in [6, 6.07) is 19.3. The van der Waals surface area contributed by atoms with Crippen molar-refractivity contribution < 1.29 is 9.53 Å². The molecule has 0 unspecified atom stereocenters. The van der Waals surface area contributed by atoms with Crippen molar-refractivity contribution in [2.75, 3.05) is 13.1 Å². The summed E-state index contributed by atoms with van der Waals surface area (Å²) >= 11 is 1.68. The van der Waals surface area contributed by atoms with E-state index in [4.69, 9.17) is 4.74 Å². The van der Waals surface area contributed by atoms with Gasteiger partial charge in [-0.25, -0.2) is 0 Å². The highest BCUT2D eigenvalue weighted by atomic mass is 35.5. The number of halogens is 1. The lowest BCUT2D eigenvalue weighted by Crippen LogP contribution is -2.34. The van der Waals surface area contributed by atoms with Crippen LogP contribution in [0.4, 0.5) is 0 Å². The molecular formula is C32H36ClN3O2S. The highest BCUT2D eigenvalue weighted by Crippen LogP contribution is 2.30. The van der Waals surface area contributed by atoms with Gasteiger partial charge in [0.05, 0.1) is 15.9 Å².